The minimum atomic E-state index is -2.90. The Hall–Kier alpha value is -2.62. The van der Waals surface area contributed by atoms with Crippen LogP contribution in [-0.4, -0.2) is 32.5 Å². The second kappa shape index (κ2) is 8.47. The maximum atomic E-state index is 12.2. The highest BCUT2D eigenvalue weighted by molar-refractivity contribution is 8.00. The van der Waals surface area contributed by atoms with Crippen molar-refractivity contribution in [2.24, 2.45) is 0 Å². The van der Waals surface area contributed by atoms with Gasteiger partial charge in [-0.25, -0.2) is 9.89 Å². The van der Waals surface area contributed by atoms with Crippen LogP contribution in [0.25, 0.3) is 0 Å². The number of nitrogens with one attached hydrogen (secondary N) is 2. The minimum absolute atomic E-state index is 0.000359. The van der Waals surface area contributed by atoms with Gasteiger partial charge in [0.15, 0.2) is 5.16 Å². The van der Waals surface area contributed by atoms with Crippen LogP contribution in [0.1, 0.15) is 6.92 Å². The number of aromatic amines is 1. The predicted molar refractivity (Wildman–Crippen MR) is 90.1 cm³/mol. The van der Waals surface area contributed by atoms with Crippen LogP contribution in [0.15, 0.2) is 46.9 Å². The van der Waals surface area contributed by atoms with Gasteiger partial charge < -0.3 is 10.1 Å². The minimum Gasteiger partial charge on any atom is -0.435 e. The van der Waals surface area contributed by atoms with Crippen molar-refractivity contribution in [3.05, 3.63) is 47.4 Å². The maximum Gasteiger partial charge on any atom is 0.387 e. The number of alkyl halides is 2. The lowest BCUT2D eigenvalue weighted by molar-refractivity contribution is -0.115. The van der Waals surface area contributed by atoms with E-state index in [4.69, 9.17) is 0 Å². The van der Waals surface area contributed by atoms with Crippen molar-refractivity contribution in [1.82, 2.24) is 14.8 Å². The normalized spacial score (nSPS) is 12.0. The summed E-state index contributed by atoms with van der Waals surface area (Å²) in [5.74, 6) is -0.325. The average Bonchev–Trinajstić information content (AvgIpc) is 2.90. The summed E-state index contributed by atoms with van der Waals surface area (Å²) in [7, 11) is 0. The van der Waals surface area contributed by atoms with Crippen LogP contribution in [0, 0.1) is 0 Å². The van der Waals surface area contributed by atoms with Gasteiger partial charge in [0, 0.05) is 12.2 Å². The van der Waals surface area contributed by atoms with Crippen molar-refractivity contribution in [2.45, 2.75) is 30.5 Å². The van der Waals surface area contributed by atoms with Crippen molar-refractivity contribution in [3.8, 4) is 5.75 Å². The Kier molecular flexibility index (Phi) is 6.34. The molecule has 2 N–H and O–H groups in total. The molecule has 0 unspecified atom stereocenters. The molecule has 134 valence electrons. The highest BCUT2D eigenvalue weighted by Crippen LogP contribution is 2.22. The molecule has 1 aromatic carbocycles. The number of allylic oxidation sites excluding steroid dienone is 1. The molecule has 0 fully saturated rings. The van der Waals surface area contributed by atoms with Crippen LogP contribution >= 0.6 is 11.8 Å². The Morgan fingerprint density at radius 3 is 2.76 bits per heavy atom. The summed E-state index contributed by atoms with van der Waals surface area (Å²) in [5.41, 5.74) is 0.0502. The van der Waals surface area contributed by atoms with E-state index in [1.807, 2.05) is 0 Å². The lowest BCUT2D eigenvalue weighted by Gasteiger charge is -2.12. The standard InChI is InChI=1S/C15H16F2N4O3S/c1-3-8-21-14(23)19-20-15(21)25-9(2)12(22)18-10-4-6-11(7-5-10)24-13(16)17/h3-7,9,13H,1,8H2,2H3,(H,18,22)(H,19,23)/t9-/m0/s1. The largest absolute Gasteiger partial charge is 0.435 e. The van der Waals surface area contributed by atoms with E-state index < -0.39 is 11.9 Å². The molecule has 2 rings (SSSR count). The summed E-state index contributed by atoms with van der Waals surface area (Å²) in [6.45, 7) is 2.60. The van der Waals surface area contributed by atoms with Crippen molar-refractivity contribution < 1.29 is 18.3 Å². The third kappa shape index (κ3) is 5.18. The second-order valence-corrected chi connectivity index (χ2v) is 6.17. The Balaban J connectivity index is 1.98. The molecular formula is C15H16F2N4O3S. The van der Waals surface area contributed by atoms with Crippen LogP contribution in [0.5, 0.6) is 5.75 Å². The van der Waals surface area contributed by atoms with Gasteiger partial charge in [0.25, 0.3) is 0 Å². The molecule has 0 saturated heterocycles. The van der Waals surface area contributed by atoms with Gasteiger partial charge in [-0.3, -0.25) is 9.36 Å². The zero-order valence-corrected chi connectivity index (χ0v) is 14.1. The summed E-state index contributed by atoms with van der Waals surface area (Å²) in [6.07, 6.45) is 1.55. The van der Waals surface area contributed by atoms with Crippen LogP contribution in [0.2, 0.25) is 0 Å². The van der Waals surface area contributed by atoms with Crippen molar-refractivity contribution >= 4 is 23.4 Å². The predicted octanol–water partition coefficient (Wildman–Crippen LogP) is 2.48. The quantitative estimate of drug-likeness (QED) is 0.550. The molecule has 1 atom stereocenters. The maximum absolute atomic E-state index is 12.2. The molecule has 1 heterocycles. The summed E-state index contributed by atoms with van der Waals surface area (Å²) in [4.78, 5) is 23.8. The summed E-state index contributed by atoms with van der Waals surface area (Å²) >= 11 is 1.11. The number of anilines is 1. The Bertz CT molecular complexity index is 789. The van der Waals surface area contributed by atoms with E-state index in [-0.39, 0.29) is 23.9 Å². The van der Waals surface area contributed by atoms with E-state index in [0.717, 1.165) is 11.8 Å². The van der Waals surface area contributed by atoms with Crippen LogP contribution in [-0.2, 0) is 11.3 Å². The Morgan fingerprint density at radius 2 is 2.16 bits per heavy atom. The lowest BCUT2D eigenvalue weighted by Crippen LogP contribution is -2.23. The number of H-pyrrole nitrogens is 1. The summed E-state index contributed by atoms with van der Waals surface area (Å²) in [6, 6.07) is 5.56. The molecule has 0 radical (unpaired) electrons. The molecule has 7 nitrogen and oxygen atoms in total. The smallest absolute Gasteiger partial charge is 0.387 e. The third-order valence-corrected chi connectivity index (χ3v) is 4.12. The molecule has 0 aliphatic rings. The summed E-state index contributed by atoms with van der Waals surface area (Å²) in [5, 5.41) is 8.67. The molecule has 0 aliphatic heterocycles. The Morgan fingerprint density at radius 1 is 1.48 bits per heavy atom. The van der Waals surface area contributed by atoms with Gasteiger partial charge in [0.2, 0.25) is 5.91 Å². The van der Waals surface area contributed by atoms with Crippen LogP contribution < -0.4 is 15.7 Å². The van der Waals surface area contributed by atoms with E-state index >= 15 is 0 Å². The first-order chi connectivity index (χ1) is 11.9. The van der Waals surface area contributed by atoms with Gasteiger partial charge in [-0.05, 0) is 31.2 Å². The molecule has 0 aliphatic carbocycles. The van der Waals surface area contributed by atoms with E-state index in [9.17, 15) is 18.4 Å². The SMILES string of the molecule is C=CCn1c(S[C@@H](C)C(=O)Nc2ccc(OC(F)F)cc2)n[nH]c1=O. The fraction of sp³-hybridized carbons (Fsp3) is 0.267. The van der Waals surface area contributed by atoms with E-state index in [0.29, 0.717) is 10.8 Å². The highest BCUT2D eigenvalue weighted by Gasteiger charge is 2.19. The number of halogens is 2. The van der Waals surface area contributed by atoms with E-state index in [2.05, 4.69) is 26.8 Å². The second-order valence-electron chi connectivity index (χ2n) is 4.86. The number of ether oxygens (including phenoxy) is 1. The van der Waals surface area contributed by atoms with Crippen molar-refractivity contribution in [3.63, 3.8) is 0 Å². The first-order valence-electron chi connectivity index (χ1n) is 7.19. The summed E-state index contributed by atoms with van der Waals surface area (Å²) < 4.78 is 29.8. The van der Waals surface area contributed by atoms with Crippen molar-refractivity contribution in [1.29, 1.82) is 0 Å². The van der Waals surface area contributed by atoms with E-state index in [1.54, 1.807) is 13.0 Å². The number of carbonyl (C=O) groups is 1. The molecule has 0 spiro atoms. The van der Waals surface area contributed by atoms with Gasteiger partial charge >= 0.3 is 12.3 Å². The number of aromatic nitrogens is 3. The van der Waals surface area contributed by atoms with Crippen molar-refractivity contribution in [2.75, 3.05) is 5.32 Å². The fourth-order valence-corrected chi connectivity index (χ4v) is 2.72. The fourth-order valence-electron chi connectivity index (χ4n) is 1.86. The highest BCUT2D eigenvalue weighted by atomic mass is 32.2. The molecule has 10 heteroatoms. The zero-order chi connectivity index (χ0) is 18.4. The average molecular weight is 370 g/mol. The molecule has 1 aromatic heterocycles. The Labute approximate surface area is 146 Å². The number of thioether (sulfide) groups is 1. The first-order valence-corrected chi connectivity index (χ1v) is 8.07. The number of hydrogen-bond donors (Lipinski definition) is 2. The molecular weight excluding hydrogens is 354 g/mol. The van der Waals surface area contributed by atoms with E-state index in [1.165, 1.54) is 28.8 Å². The van der Waals surface area contributed by atoms with Gasteiger partial charge in [-0.2, -0.15) is 8.78 Å². The number of rotatable bonds is 8. The molecule has 25 heavy (non-hydrogen) atoms. The number of amides is 1. The topological polar surface area (TPSA) is 89.0 Å². The molecule has 0 saturated carbocycles. The van der Waals surface area contributed by atoms with Gasteiger partial charge in [0.1, 0.15) is 5.75 Å². The van der Waals surface area contributed by atoms with Gasteiger partial charge in [0.05, 0.1) is 5.25 Å². The van der Waals surface area contributed by atoms with Gasteiger partial charge in [-0.1, -0.05) is 17.8 Å². The zero-order valence-electron chi connectivity index (χ0n) is 13.2. The first kappa shape index (κ1) is 18.7. The molecule has 0 bridgehead atoms. The van der Waals surface area contributed by atoms with Gasteiger partial charge in [-0.15, -0.1) is 11.7 Å². The number of carbonyl (C=O) groups excluding carboxylic acids is 1. The number of nitrogens with zero attached hydrogens (tertiary/aromatic N) is 2. The number of benzene rings is 1. The monoisotopic (exact) mass is 370 g/mol. The lowest BCUT2D eigenvalue weighted by atomic mass is 10.3. The molecule has 1 amide bonds. The van der Waals surface area contributed by atoms with Crippen LogP contribution in [0.4, 0.5) is 14.5 Å². The van der Waals surface area contributed by atoms with Crippen LogP contribution in [0.3, 0.4) is 0 Å². The molecule has 2 aromatic rings. The third-order valence-electron chi connectivity index (χ3n) is 3.03. The number of hydrogen-bond acceptors (Lipinski definition) is 5.